The highest BCUT2D eigenvalue weighted by atomic mass is 79.9. The normalized spacial score (nSPS) is 10.5. The molecule has 0 atom stereocenters. The van der Waals surface area contributed by atoms with Crippen molar-refractivity contribution in [1.29, 1.82) is 0 Å². The number of aromatic nitrogens is 3. The molecule has 1 amide bonds. The smallest absolute Gasteiger partial charge is 0.251 e. The Morgan fingerprint density at radius 3 is 2.95 bits per heavy atom. The van der Waals surface area contributed by atoms with Gasteiger partial charge in [-0.1, -0.05) is 22.0 Å². The molecule has 0 fully saturated rings. The van der Waals surface area contributed by atoms with Crippen LogP contribution < -0.4 is 5.32 Å². The Kier molecular flexibility index (Phi) is 4.31. The maximum absolute atomic E-state index is 12.0. The van der Waals surface area contributed by atoms with Crippen LogP contribution in [0, 0.1) is 6.92 Å². The van der Waals surface area contributed by atoms with Gasteiger partial charge in [0.15, 0.2) is 5.82 Å². The van der Waals surface area contributed by atoms with Crippen LogP contribution in [0.5, 0.6) is 0 Å². The standard InChI is InChI=1S/C13H15BrN4O/c1-9-3-4-10(14)7-11(9)13(19)15-6-5-12-16-8-18(2)17-12/h3-4,7-8H,5-6H2,1-2H3,(H,15,19). The number of aryl methyl sites for hydroxylation is 2. The molecule has 0 aliphatic carbocycles. The number of benzene rings is 1. The summed E-state index contributed by atoms with van der Waals surface area (Å²) in [7, 11) is 1.82. The van der Waals surface area contributed by atoms with Crippen molar-refractivity contribution in [1.82, 2.24) is 20.1 Å². The minimum absolute atomic E-state index is 0.0743. The summed E-state index contributed by atoms with van der Waals surface area (Å²) in [5, 5.41) is 7.03. The van der Waals surface area contributed by atoms with Crippen LogP contribution in [0.15, 0.2) is 29.0 Å². The SMILES string of the molecule is Cc1ccc(Br)cc1C(=O)NCCc1ncn(C)n1. The van der Waals surface area contributed by atoms with Gasteiger partial charge in [0, 0.05) is 30.0 Å². The lowest BCUT2D eigenvalue weighted by Crippen LogP contribution is -2.26. The number of nitrogens with zero attached hydrogens (tertiary/aromatic N) is 3. The van der Waals surface area contributed by atoms with Crippen LogP contribution in [0.4, 0.5) is 0 Å². The van der Waals surface area contributed by atoms with Crippen LogP contribution in [0.25, 0.3) is 0 Å². The average molecular weight is 323 g/mol. The van der Waals surface area contributed by atoms with Gasteiger partial charge in [-0.3, -0.25) is 9.48 Å². The van der Waals surface area contributed by atoms with Gasteiger partial charge in [-0.15, -0.1) is 0 Å². The maximum Gasteiger partial charge on any atom is 0.251 e. The van der Waals surface area contributed by atoms with Gasteiger partial charge < -0.3 is 5.32 Å². The molecule has 2 aromatic rings. The highest BCUT2D eigenvalue weighted by Crippen LogP contribution is 2.15. The number of hydrogen-bond donors (Lipinski definition) is 1. The fourth-order valence-corrected chi connectivity index (χ4v) is 2.08. The summed E-state index contributed by atoms with van der Waals surface area (Å²) in [5.41, 5.74) is 1.64. The zero-order valence-electron chi connectivity index (χ0n) is 10.9. The van der Waals surface area contributed by atoms with Gasteiger partial charge in [0.25, 0.3) is 5.91 Å². The fourth-order valence-electron chi connectivity index (χ4n) is 1.72. The fraction of sp³-hybridized carbons (Fsp3) is 0.308. The molecule has 1 aromatic heterocycles. The Morgan fingerprint density at radius 1 is 1.47 bits per heavy atom. The molecule has 0 saturated heterocycles. The number of hydrogen-bond acceptors (Lipinski definition) is 3. The van der Waals surface area contributed by atoms with E-state index in [-0.39, 0.29) is 5.91 Å². The summed E-state index contributed by atoms with van der Waals surface area (Å²) in [4.78, 5) is 16.1. The molecule has 1 aromatic carbocycles. The minimum Gasteiger partial charge on any atom is -0.352 e. The molecule has 0 unspecified atom stereocenters. The van der Waals surface area contributed by atoms with Crippen LogP contribution in [0.2, 0.25) is 0 Å². The van der Waals surface area contributed by atoms with E-state index < -0.39 is 0 Å². The topological polar surface area (TPSA) is 59.8 Å². The van der Waals surface area contributed by atoms with Crippen molar-refractivity contribution in [2.24, 2.45) is 7.05 Å². The van der Waals surface area contributed by atoms with Crippen LogP contribution in [0.3, 0.4) is 0 Å². The first-order valence-electron chi connectivity index (χ1n) is 5.95. The van der Waals surface area contributed by atoms with Crippen molar-refractivity contribution in [3.63, 3.8) is 0 Å². The van der Waals surface area contributed by atoms with Gasteiger partial charge in [-0.2, -0.15) is 5.10 Å². The number of carbonyl (C=O) groups is 1. The van der Waals surface area contributed by atoms with Crippen molar-refractivity contribution in [2.45, 2.75) is 13.3 Å². The van der Waals surface area contributed by atoms with Gasteiger partial charge in [0.1, 0.15) is 6.33 Å². The quantitative estimate of drug-likeness (QED) is 0.934. The maximum atomic E-state index is 12.0. The lowest BCUT2D eigenvalue weighted by molar-refractivity contribution is 0.0953. The Hall–Kier alpha value is -1.69. The molecule has 5 nitrogen and oxygen atoms in total. The summed E-state index contributed by atoms with van der Waals surface area (Å²) in [6.45, 7) is 2.44. The van der Waals surface area contributed by atoms with Crippen molar-refractivity contribution in [2.75, 3.05) is 6.54 Å². The summed E-state index contributed by atoms with van der Waals surface area (Å²) in [6.07, 6.45) is 2.27. The molecule has 1 heterocycles. The van der Waals surface area contributed by atoms with E-state index >= 15 is 0 Å². The first-order valence-corrected chi connectivity index (χ1v) is 6.74. The van der Waals surface area contributed by atoms with E-state index in [9.17, 15) is 4.79 Å². The van der Waals surface area contributed by atoms with E-state index in [1.807, 2.05) is 32.2 Å². The molecule has 0 radical (unpaired) electrons. The third kappa shape index (κ3) is 3.64. The third-order valence-corrected chi connectivity index (χ3v) is 3.22. The molecule has 2 rings (SSSR count). The van der Waals surface area contributed by atoms with E-state index in [2.05, 4.69) is 31.3 Å². The Morgan fingerprint density at radius 2 is 2.26 bits per heavy atom. The lowest BCUT2D eigenvalue weighted by atomic mass is 10.1. The molecule has 0 aliphatic heterocycles. The predicted molar refractivity (Wildman–Crippen MR) is 75.9 cm³/mol. The number of nitrogens with one attached hydrogen (secondary N) is 1. The molecule has 1 N–H and O–H groups in total. The third-order valence-electron chi connectivity index (χ3n) is 2.73. The molecule has 0 spiro atoms. The van der Waals surface area contributed by atoms with Crippen molar-refractivity contribution in [3.8, 4) is 0 Å². The lowest BCUT2D eigenvalue weighted by Gasteiger charge is -2.07. The molecule has 0 saturated carbocycles. The van der Waals surface area contributed by atoms with Crippen LogP contribution >= 0.6 is 15.9 Å². The van der Waals surface area contributed by atoms with Gasteiger partial charge in [-0.25, -0.2) is 4.98 Å². The second-order valence-corrected chi connectivity index (χ2v) is 5.22. The molecule has 100 valence electrons. The second-order valence-electron chi connectivity index (χ2n) is 4.30. The van der Waals surface area contributed by atoms with Crippen LogP contribution in [-0.2, 0) is 13.5 Å². The van der Waals surface area contributed by atoms with E-state index in [1.54, 1.807) is 11.0 Å². The zero-order chi connectivity index (χ0) is 13.8. The first-order chi connectivity index (χ1) is 9.06. The number of amides is 1. The summed E-state index contributed by atoms with van der Waals surface area (Å²) in [6, 6.07) is 5.66. The number of carbonyl (C=O) groups excluding carboxylic acids is 1. The second kappa shape index (κ2) is 5.97. The molecule has 0 aliphatic rings. The van der Waals surface area contributed by atoms with Crippen LogP contribution in [-0.4, -0.2) is 27.2 Å². The van der Waals surface area contributed by atoms with E-state index in [4.69, 9.17) is 0 Å². The molecule has 6 heteroatoms. The largest absolute Gasteiger partial charge is 0.352 e. The first kappa shape index (κ1) is 13.7. The Bertz CT molecular complexity index is 594. The minimum atomic E-state index is -0.0743. The Balaban J connectivity index is 1.92. The highest BCUT2D eigenvalue weighted by molar-refractivity contribution is 9.10. The van der Waals surface area contributed by atoms with E-state index in [1.165, 1.54) is 0 Å². The predicted octanol–water partition coefficient (Wildman–Crippen LogP) is 1.86. The average Bonchev–Trinajstić information content (AvgIpc) is 2.78. The molecular formula is C13H15BrN4O. The van der Waals surface area contributed by atoms with Crippen molar-refractivity contribution in [3.05, 3.63) is 46.0 Å². The summed E-state index contributed by atoms with van der Waals surface area (Å²) < 4.78 is 2.55. The molecular weight excluding hydrogens is 308 g/mol. The summed E-state index contributed by atoms with van der Waals surface area (Å²) >= 11 is 3.37. The number of rotatable bonds is 4. The Labute approximate surface area is 120 Å². The van der Waals surface area contributed by atoms with Gasteiger partial charge in [-0.05, 0) is 24.6 Å². The van der Waals surface area contributed by atoms with E-state index in [0.29, 0.717) is 18.5 Å². The highest BCUT2D eigenvalue weighted by Gasteiger charge is 2.09. The van der Waals surface area contributed by atoms with Crippen molar-refractivity contribution >= 4 is 21.8 Å². The van der Waals surface area contributed by atoms with Crippen LogP contribution in [0.1, 0.15) is 21.7 Å². The van der Waals surface area contributed by atoms with Gasteiger partial charge in [0.05, 0.1) is 0 Å². The molecule has 19 heavy (non-hydrogen) atoms. The van der Waals surface area contributed by atoms with E-state index in [0.717, 1.165) is 15.9 Å². The van der Waals surface area contributed by atoms with Gasteiger partial charge >= 0.3 is 0 Å². The molecule has 0 bridgehead atoms. The number of halogens is 1. The van der Waals surface area contributed by atoms with Crippen molar-refractivity contribution < 1.29 is 4.79 Å². The monoisotopic (exact) mass is 322 g/mol. The zero-order valence-corrected chi connectivity index (χ0v) is 12.4. The van der Waals surface area contributed by atoms with Gasteiger partial charge in [0.2, 0.25) is 0 Å². The summed E-state index contributed by atoms with van der Waals surface area (Å²) in [5.74, 6) is 0.656.